The minimum absolute atomic E-state index is 0.0556. The molecule has 5 nitrogen and oxygen atoms in total. The summed E-state index contributed by atoms with van der Waals surface area (Å²) in [5.41, 5.74) is 0.367. The zero-order valence-corrected chi connectivity index (χ0v) is 8.61. The van der Waals surface area contributed by atoms with E-state index in [0.717, 1.165) is 6.26 Å². The van der Waals surface area contributed by atoms with Crippen molar-refractivity contribution in [2.45, 2.75) is 0 Å². The number of nitro benzene ring substituents is 1. The minimum Gasteiger partial charge on any atom is -0.258 e. The van der Waals surface area contributed by atoms with Crippen LogP contribution in [-0.2, 0) is 9.84 Å². The Bertz CT molecular complexity index is 534. The quantitative estimate of drug-likeness (QED) is 0.405. The van der Waals surface area contributed by atoms with Gasteiger partial charge in [0.2, 0.25) is 9.84 Å². The number of nitrogens with zero attached hydrogens (tertiary/aromatic N) is 1. The molecule has 0 heterocycles. The van der Waals surface area contributed by atoms with Crippen molar-refractivity contribution in [3.63, 3.8) is 0 Å². The largest absolute Gasteiger partial charge is 0.269 e. The lowest BCUT2D eigenvalue weighted by Crippen LogP contribution is -1.90. The first-order valence-electron chi connectivity index (χ1n) is 3.86. The van der Waals surface area contributed by atoms with Crippen LogP contribution in [0.5, 0.6) is 0 Å². The fourth-order valence-electron chi connectivity index (χ4n) is 0.818. The van der Waals surface area contributed by atoms with E-state index in [1.165, 1.54) is 24.3 Å². The third-order valence-electron chi connectivity index (χ3n) is 1.46. The zero-order chi connectivity index (χ0) is 11.5. The highest BCUT2D eigenvalue weighted by molar-refractivity contribution is 7.95. The Balaban J connectivity index is 2.99. The van der Waals surface area contributed by atoms with Gasteiger partial charge in [-0.1, -0.05) is 5.92 Å². The van der Waals surface area contributed by atoms with E-state index < -0.39 is 14.8 Å². The number of nitro groups is 1. The lowest BCUT2D eigenvalue weighted by atomic mass is 10.2. The molecule has 0 aliphatic carbocycles. The van der Waals surface area contributed by atoms with Crippen molar-refractivity contribution >= 4 is 15.5 Å². The summed E-state index contributed by atoms with van der Waals surface area (Å²) < 4.78 is 21.4. The van der Waals surface area contributed by atoms with Crippen molar-refractivity contribution in [1.82, 2.24) is 0 Å². The molecule has 0 unspecified atom stereocenters. The van der Waals surface area contributed by atoms with Crippen LogP contribution in [0.15, 0.2) is 24.3 Å². The lowest BCUT2D eigenvalue weighted by Gasteiger charge is -1.90. The second-order valence-electron chi connectivity index (χ2n) is 2.80. The fourth-order valence-corrected chi connectivity index (χ4v) is 1.12. The normalized spacial score (nSPS) is 10.2. The number of non-ortho nitro benzene ring substituents is 1. The van der Waals surface area contributed by atoms with Gasteiger partial charge in [0.15, 0.2) is 0 Å². The van der Waals surface area contributed by atoms with Crippen molar-refractivity contribution in [2.75, 3.05) is 6.26 Å². The van der Waals surface area contributed by atoms with Gasteiger partial charge in [-0.05, 0) is 12.1 Å². The van der Waals surface area contributed by atoms with Gasteiger partial charge in [0, 0.05) is 22.9 Å². The topological polar surface area (TPSA) is 77.3 Å². The Kier molecular flexibility index (Phi) is 3.07. The summed E-state index contributed by atoms with van der Waals surface area (Å²) in [4.78, 5) is 9.77. The van der Waals surface area contributed by atoms with Crippen LogP contribution in [0.2, 0.25) is 0 Å². The van der Waals surface area contributed by atoms with E-state index in [1.54, 1.807) is 0 Å². The van der Waals surface area contributed by atoms with Crippen molar-refractivity contribution in [2.24, 2.45) is 0 Å². The average molecular weight is 225 g/mol. The maximum absolute atomic E-state index is 10.7. The molecular weight excluding hydrogens is 218 g/mol. The molecule has 15 heavy (non-hydrogen) atoms. The Morgan fingerprint density at radius 3 is 2.20 bits per heavy atom. The van der Waals surface area contributed by atoms with Gasteiger partial charge in [-0.3, -0.25) is 10.1 Å². The molecule has 0 atom stereocenters. The van der Waals surface area contributed by atoms with Crippen molar-refractivity contribution in [3.05, 3.63) is 39.9 Å². The van der Waals surface area contributed by atoms with Crippen molar-refractivity contribution in [1.29, 1.82) is 0 Å². The lowest BCUT2D eigenvalue weighted by molar-refractivity contribution is -0.384. The summed E-state index contributed by atoms with van der Waals surface area (Å²) in [6.45, 7) is 0. The Labute approximate surface area is 86.8 Å². The van der Waals surface area contributed by atoms with Crippen molar-refractivity contribution in [3.8, 4) is 11.2 Å². The van der Waals surface area contributed by atoms with Crippen LogP contribution in [0.25, 0.3) is 0 Å². The van der Waals surface area contributed by atoms with Crippen LogP contribution in [0.4, 0.5) is 5.69 Å². The molecule has 6 heteroatoms. The van der Waals surface area contributed by atoms with Gasteiger partial charge in [-0.15, -0.1) is 0 Å². The summed E-state index contributed by atoms with van der Waals surface area (Å²) in [6.07, 6.45) is 0.991. The van der Waals surface area contributed by atoms with Crippen LogP contribution in [-0.4, -0.2) is 19.6 Å². The van der Waals surface area contributed by atoms with E-state index >= 15 is 0 Å². The predicted molar refractivity (Wildman–Crippen MR) is 54.8 cm³/mol. The molecule has 1 rings (SSSR count). The SMILES string of the molecule is CS(=O)(=O)C#Cc1ccc([N+](=O)[O-])cc1. The molecule has 1 aromatic carbocycles. The molecule has 0 aromatic heterocycles. The predicted octanol–water partition coefficient (Wildman–Crippen LogP) is 0.948. The van der Waals surface area contributed by atoms with Crippen LogP contribution in [0.3, 0.4) is 0 Å². The van der Waals surface area contributed by atoms with Gasteiger partial charge < -0.3 is 0 Å². The molecule has 0 aliphatic heterocycles. The summed E-state index contributed by atoms with van der Waals surface area (Å²) in [5, 5.41) is 12.3. The molecule has 1 aromatic rings. The third kappa shape index (κ3) is 3.79. The molecule has 0 aliphatic rings. The van der Waals surface area contributed by atoms with Gasteiger partial charge in [-0.2, -0.15) is 0 Å². The molecular formula is C9H7NO4S. The fraction of sp³-hybridized carbons (Fsp3) is 0.111. The number of sulfone groups is 1. The summed E-state index contributed by atoms with van der Waals surface area (Å²) in [6, 6.07) is 5.34. The summed E-state index contributed by atoms with van der Waals surface area (Å²) in [5.74, 6) is 2.39. The Hall–Kier alpha value is -1.87. The molecule has 0 bridgehead atoms. The number of benzene rings is 1. The van der Waals surface area contributed by atoms with E-state index in [0.29, 0.717) is 5.56 Å². The van der Waals surface area contributed by atoms with Crippen molar-refractivity contribution < 1.29 is 13.3 Å². The first kappa shape index (κ1) is 11.2. The molecule has 0 N–H and O–H groups in total. The van der Waals surface area contributed by atoms with Gasteiger partial charge >= 0.3 is 0 Å². The van der Waals surface area contributed by atoms with Crippen LogP contribution in [0, 0.1) is 21.3 Å². The standard InChI is InChI=1S/C9H7NO4S/c1-15(13,14)7-6-8-2-4-9(5-3-8)10(11)12/h2-5H,1H3. The number of hydrogen-bond acceptors (Lipinski definition) is 4. The maximum Gasteiger partial charge on any atom is 0.269 e. The van der Waals surface area contributed by atoms with Gasteiger partial charge in [-0.25, -0.2) is 8.42 Å². The summed E-state index contributed by atoms with van der Waals surface area (Å²) >= 11 is 0. The van der Waals surface area contributed by atoms with Gasteiger partial charge in [0.1, 0.15) is 0 Å². The maximum atomic E-state index is 10.7. The Morgan fingerprint density at radius 1 is 1.27 bits per heavy atom. The van der Waals surface area contributed by atoms with E-state index in [-0.39, 0.29) is 5.69 Å². The van der Waals surface area contributed by atoms with Gasteiger partial charge in [0.25, 0.3) is 5.69 Å². The monoisotopic (exact) mass is 225 g/mol. The van der Waals surface area contributed by atoms with E-state index in [4.69, 9.17) is 0 Å². The first-order valence-corrected chi connectivity index (χ1v) is 5.75. The molecule has 0 fully saturated rings. The molecule has 0 saturated carbocycles. The molecule has 0 spiro atoms. The highest BCUT2D eigenvalue weighted by Gasteiger charge is 2.02. The molecule has 0 saturated heterocycles. The second-order valence-corrected chi connectivity index (χ2v) is 4.55. The van der Waals surface area contributed by atoms with E-state index in [1.807, 2.05) is 5.25 Å². The average Bonchev–Trinajstić information content (AvgIpc) is 2.14. The Morgan fingerprint density at radius 2 is 1.80 bits per heavy atom. The van der Waals surface area contributed by atoms with Crippen LogP contribution >= 0.6 is 0 Å². The highest BCUT2D eigenvalue weighted by Crippen LogP contribution is 2.10. The summed E-state index contributed by atoms with van der Waals surface area (Å²) in [7, 11) is -3.34. The number of hydrogen-bond donors (Lipinski definition) is 0. The minimum atomic E-state index is -3.34. The zero-order valence-electron chi connectivity index (χ0n) is 7.80. The first-order chi connectivity index (χ1) is 6.88. The smallest absolute Gasteiger partial charge is 0.258 e. The number of rotatable bonds is 1. The molecule has 0 amide bonds. The molecule has 0 radical (unpaired) electrons. The van der Waals surface area contributed by atoms with Gasteiger partial charge in [0.05, 0.1) is 11.2 Å². The van der Waals surface area contributed by atoms with E-state index in [2.05, 4.69) is 5.92 Å². The van der Waals surface area contributed by atoms with Crippen LogP contribution < -0.4 is 0 Å². The third-order valence-corrected chi connectivity index (χ3v) is 1.93. The second kappa shape index (κ2) is 4.11. The molecule has 78 valence electrons. The highest BCUT2D eigenvalue weighted by atomic mass is 32.2. The van der Waals surface area contributed by atoms with Crippen LogP contribution in [0.1, 0.15) is 5.56 Å². The van der Waals surface area contributed by atoms with E-state index in [9.17, 15) is 18.5 Å².